The Morgan fingerprint density at radius 2 is 2.06 bits per heavy atom. The SMILES string of the molecule is CNCC1CCCC1c1ccc(C)c(C)c1OC. The third kappa shape index (κ3) is 2.39. The van der Waals surface area contributed by atoms with Crippen LogP contribution in [-0.4, -0.2) is 20.7 Å². The van der Waals surface area contributed by atoms with Crippen LogP contribution in [0.2, 0.25) is 0 Å². The summed E-state index contributed by atoms with van der Waals surface area (Å²) < 4.78 is 5.68. The van der Waals surface area contributed by atoms with E-state index in [2.05, 4.69) is 31.3 Å². The number of hydrogen-bond acceptors (Lipinski definition) is 2. The first kappa shape index (κ1) is 13.4. The van der Waals surface area contributed by atoms with Crippen molar-refractivity contribution in [1.29, 1.82) is 0 Å². The number of hydrogen-bond donors (Lipinski definition) is 1. The molecule has 0 amide bonds. The molecular formula is C16H25NO. The van der Waals surface area contributed by atoms with Gasteiger partial charge in [0.15, 0.2) is 0 Å². The number of methoxy groups -OCH3 is 1. The van der Waals surface area contributed by atoms with Gasteiger partial charge in [-0.3, -0.25) is 0 Å². The first-order valence-electron chi connectivity index (χ1n) is 6.97. The van der Waals surface area contributed by atoms with Crippen LogP contribution >= 0.6 is 0 Å². The molecule has 1 fully saturated rings. The average Bonchev–Trinajstić information content (AvgIpc) is 2.81. The van der Waals surface area contributed by atoms with Gasteiger partial charge in [-0.15, -0.1) is 0 Å². The van der Waals surface area contributed by atoms with Gasteiger partial charge in [0.25, 0.3) is 0 Å². The Hall–Kier alpha value is -1.02. The number of nitrogens with one attached hydrogen (secondary N) is 1. The molecule has 0 aromatic heterocycles. The molecule has 1 aliphatic carbocycles. The normalized spacial score (nSPS) is 23.3. The number of aryl methyl sites for hydroxylation is 1. The van der Waals surface area contributed by atoms with Crippen molar-refractivity contribution in [3.05, 3.63) is 28.8 Å². The van der Waals surface area contributed by atoms with E-state index in [0.717, 1.165) is 18.2 Å². The number of rotatable bonds is 4. The third-order valence-corrected chi connectivity index (χ3v) is 4.44. The molecule has 2 atom stereocenters. The first-order valence-corrected chi connectivity index (χ1v) is 6.97. The molecule has 0 radical (unpaired) electrons. The Labute approximate surface area is 111 Å². The van der Waals surface area contributed by atoms with Gasteiger partial charge in [-0.05, 0) is 68.8 Å². The highest BCUT2D eigenvalue weighted by atomic mass is 16.5. The average molecular weight is 247 g/mol. The highest BCUT2D eigenvalue weighted by Crippen LogP contribution is 2.44. The second kappa shape index (κ2) is 5.75. The zero-order chi connectivity index (χ0) is 13.1. The highest BCUT2D eigenvalue weighted by molar-refractivity contribution is 5.47. The molecule has 0 aliphatic heterocycles. The van der Waals surface area contributed by atoms with Crippen LogP contribution in [0.25, 0.3) is 0 Å². The fourth-order valence-corrected chi connectivity index (χ4v) is 3.33. The van der Waals surface area contributed by atoms with E-state index in [9.17, 15) is 0 Å². The van der Waals surface area contributed by atoms with Crippen LogP contribution in [-0.2, 0) is 0 Å². The van der Waals surface area contributed by atoms with Gasteiger partial charge in [0, 0.05) is 0 Å². The summed E-state index contributed by atoms with van der Waals surface area (Å²) >= 11 is 0. The number of ether oxygens (including phenoxy) is 1. The van der Waals surface area contributed by atoms with Gasteiger partial charge in [0.1, 0.15) is 5.75 Å². The smallest absolute Gasteiger partial charge is 0.125 e. The first-order chi connectivity index (χ1) is 8.69. The number of benzene rings is 1. The fourth-order valence-electron chi connectivity index (χ4n) is 3.33. The van der Waals surface area contributed by atoms with Crippen molar-refractivity contribution in [2.45, 2.75) is 39.0 Å². The van der Waals surface area contributed by atoms with Crippen LogP contribution in [0.5, 0.6) is 5.75 Å². The van der Waals surface area contributed by atoms with E-state index in [0.29, 0.717) is 5.92 Å². The van der Waals surface area contributed by atoms with Gasteiger partial charge in [-0.1, -0.05) is 18.6 Å². The molecule has 100 valence electrons. The fraction of sp³-hybridized carbons (Fsp3) is 0.625. The molecule has 2 nitrogen and oxygen atoms in total. The molecule has 2 rings (SSSR count). The van der Waals surface area contributed by atoms with Crippen LogP contribution in [0.1, 0.15) is 41.9 Å². The van der Waals surface area contributed by atoms with Crippen molar-refractivity contribution in [2.75, 3.05) is 20.7 Å². The van der Waals surface area contributed by atoms with Crippen molar-refractivity contribution < 1.29 is 4.74 Å². The predicted molar refractivity (Wildman–Crippen MR) is 76.5 cm³/mol. The van der Waals surface area contributed by atoms with Crippen molar-refractivity contribution in [3.63, 3.8) is 0 Å². The summed E-state index contributed by atoms with van der Waals surface area (Å²) in [6.45, 7) is 5.43. The van der Waals surface area contributed by atoms with Crippen molar-refractivity contribution in [2.24, 2.45) is 5.92 Å². The molecule has 18 heavy (non-hydrogen) atoms. The van der Waals surface area contributed by atoms with Gasteiger partial charge in [0.2, 0.25) is 0 Å². The minimum Gasteiger partial charge on any atom is -0.496 e. The van der Waals surface area contributed by atoms with Crippen LogP contribution in [0, 0.1) is 19.8 Å². The highest BCUT2D eigenvalue weighted by Gasteiger charge is 2.30. The van der Waals surface area contributed by atoms with Crippen LogP contribution < -0.4 is 10.1 Å². The van der Waals surface area contributed by atoms with E-state index >= 15 is 0 Å². The lowest BCUT2D eigenvalue weighted by Crippen LogP contribution is -2.21. The van der Waals surface area contributed by atoms with E-state index in [-0.39, 0.29) is 0 Å². The monoisotopic (exact) mass is 247 g/mol. The summed E-state index contributed by atoms with van der Waals surface area (Å²) in [4.78, 5) is 0. The lowest BCUT2D eigenvalue weighted by molar-refractivity contribution is 0.389. The zero-order valence-corrected chi connectivity index (χ0v) is 12.0. The summed E-state index contributed by atoms with van der Waals surface area (Å²) in [5.74, 6) is 2.53. The molecule has 1 aliphatic rings. The maximum Gasteiger partial charge on any atom is 0.125 e. The van der Waals surface area contributed by atoms with Crippen molar-refractivity contribution >= 4 is 0 Å². The van der Waals surface area contributed by atoms with Crippen molar-refractivity contribution in [1.82, 2.24) is 5.32 Å². The summed E-state index contributed by atoms with van der Waals surface area (Å²) in [6, 6.07) is 4.52. The van der Waals surface area contributed by atoms with Crippen LogP contribution in [0.3, 0.4) is 0 Å². The summed E-state index contributed by atoms with van der Waals surface area (Å²) in [7, 11) is 3.85. The Bertz CT molecular complexity index is 414. The van der Waals surface area contributed by atoms with E-state index in [1.54, 1.807) is 7.11 Å². The van der Waals surface area contributed by atoms with Gasteiger partial charge >= 0.3 is 0 Å². The molecule has 2 heteroatoms. The molecule has 1 aromatic rings. The van der Waals surface area contributed by atoms with E-state index < -0.39 is 0 Å². The Morgan fingerprint density at radius 3 is 2.72 bits per heavy atom. The lowest BCUT2D eigenvalue weighted by atomic mass is 9.86. The van der Waals surface area contributed by atoms with Gasteiger partial charge < -0.3 is 10.1 Å². The second-order valence-electron chi connectivity index (χ2n) is 5.49. The van der Waals surface area contributed by atoms with Gasteiger partial charge in [-0.2, -0.15) is 0 Å². The van der Waals surface area contributed by atoms with Gasteiger partial charge in [-0.25, -0.2) is 0 Å². The topological polar surface area (TPSA) is 21.3 Å². The maximum atomic E-state index is 5.68. The Morgan fingerprint density at radius 1 is 1.28 bits per heavy atom. The summed E-state index contributed by atoms with van der Waals surface area (Å²) in [5, 5.41) is 3.33. The Kier molecular flexibility index (Phi) is 4.28. The van der Waals surface area contributed by atoms with Crippen molar-refractivity contribution in [3.8, 4) is 5.75 Å². The van der Waals surface area contributed by atoms with Crippen LogP contribution in [0.15, 0.2) is 12.1 Å². The molecule has 0 bridgehead atoms. The molecule has 0 saturated heterocycles. The largest absolute Gasteiger partial charge is 0.496 e. The molecular weight excluding hydrogens is 222 g/mol. The molecule has 1 aromatic carbocycles. The second-order valence-corrected chi connectivity index (χ2v) is 5.49. The standard InChI is InChI=1S/C16H25NO/c1-11-8-9-15(16(18-4)12(11)2)14-7-5-6-13(14)10-17-3/h8-9,13-14,17H,5-7,10H2,1-4H3. The Balaban J connectivity index is 2.35. The van der Waals surface area contributed by atoms with E-state index in [1.165, 1.54) is 36.0 Å². The predicted octanol–water partition coefficient (Wildman–Crippen LogP) is 3.42. The quantitative estimate of drug-likeness (QED) is 0.880. The molecule has 1 saturated carbocycles. The summed E-state index contributed by atoms with van der Waals surface area (Å²) in [6.07, 6.45) is 3.97. The van der Waals surface area contributed by atoms with E-state index in [4.69, 9.17) is 4.74 Å². The minimum atomic E-state index is 0.659. The molecule has 0 spiro atoms. The zero-order valence-electron chi connectivity index (χ0n) is 12.0. The molecule has 2 unspecified atom stereocenters. The van der Waals surface area contributed by atoms with Gasteiger partial charge in [0.05, 0.1) is 7.11 Å². The molecule has 0 heterocycles. The summed E-state index contributed by atoms with van der Waals surface area (Å²) in [5.41, 5.74) is 4.03. The molecule has 1 N–H and O–H groups in total. The minimum absolute atomic E-state index is 0.659. The van der Waals surface area contributed by atoms with E-state index in [1.807, 2.05) is 7.05 Å². The lowest BCUT2D eigenvalue weighted by Gasteiger charge is -2.23. The maximum absolute atomic E-state index is 5.68. The third-order valence-electron chi connectivity index (χ3n) is 4.44. The van der Waals surface area contributed by atoms with Crippen LogP contribution in [0.4, 0.5) is 0 Å².